The van der Waals surface area contributed by atoms with E-state index in [4.69, 9.17) is 11.6 Å². The summed E-state index contributed by atoms with van der Waals surface area (Å²) in [4.78, 5) is 23.5. The first-order valence-electron chi connectivity index (χ1n) is 7.89. The first-order chi connectivity index (χ1) is 12.8. The average Bonchev–Trinajstić information content (AvgIpc) is 2.64. The number of halogens is 4. The van der Waals surface area contributed by atoms with Crippen LogP contribution in [0.5, 0.6) is 0 Å². The van der Waals surface area contributed by atoms with E-state index in [0.717, 1.165) is 35.9 Å². The van der Waals surface area contributed by atoms with Gasteiger partial charge in [-0.15, -0.1) is 0 Å². The van der Waals surface area contributed by atoms with Crippen LogP contribution in [0.15, 0.2) is 54.6 Å². The zero-order valence-electron chi connectivity index (χ0n) is 14.0. The molecule has 2 amide bonds. The van der Waals surface area contributed by atoms with Gasteiger partial charge in [-0.1, -0.05) is 41.9 Å². The maximum Gasteiger partial charge on any atom is 0.416 e. The lowest BCUT2D eigenvalue weighted by molar-refractivity contribution is -0.137. The van der Waals surface area contributed by atoms with E-state index in [2.05, 4.69) is 10.6 Å². The number of nitrogens with one attached hydrogen (secondary N) is 2. The number of rotatable bonds is 6. The van der Waals surface area contributed by atoms with Crippen LogP contribution >= 0.6 is 11.6 Å². The molecule has 8 heteroatoms. The number of hydrogen-bond acceptors (Lipinski definition) is 2. The number of carbonyl (C=O) groups excluding carboxylic acids is 2. The van der Waals surface area contributed by atoms with Gasteiger partial charge in [-0.25, -0.2) is 0 Å². The molecule has 0 saturated heterocycles. The van der Waals surface area contributed by atoms with Gasteiger partial charge in [0.05, 0.1) is 12.1 Å². The van der Waals surface area contributed by atoms with Crippen molar-refractivity contribution in [1.82, 2.24) is 10.6 Å². The maximum absolute atomic E-state index is 12.7. The third-order valence-corrected chi connectivity index (χ3v) is 3.84. The van der Waals surface area contributed by atoms with Crippen molar-refractivity contribution in [3.05, 3.63) is 76.3 Å². The molecule has 0 bridgehead atoms. The van der Waals surface area contributed by atoms with Crippen LogP contribution in [0.3, 0.4) is 0 Å². The van der Waals surface area contributed by atoms with Gasteiger partial charge in [-0.2, -0.15) is 13.2 Å². The van der Waals surface area contributed by atoms with Crippen LogP contribution in [-0.4, -0.2) is 18.4 Å². The molecule has 0 aliphatic carbocycles. The van der Waals surface area contributed by atoms with E-state index in [1.54, 1.807) is 0 Å². The SMILES string of the molecule is O=C(/C=C/c1cc(C(F)(F)F)ccc1Cl)NCC(=O)NCc1ccccc1. The number of amides is 2. The number of hydrogen-bond donors (Lipinski definition) is 2. The van der Waals surface area contributed by atoms with Crippen molar-refractivity contribution in [2.75, 3.05) is 6.54 Å². The van der Waals surface area contributed by atoms with Gasteiger partial charge in [-0.05, 0) is 35.4 Å². The van der Waals surface area contributed by atoms with Crippen molar-refractivity contribution in [2.24, 2.45) is 0 Å². The Kier molecular flexibility index (Phi) is 7.01. The van der Waals surface area contributed by atoms with Crippen LogP contribution in [0.4, 0.5) is 13.2 Å². The highest BCUT2D eigenvalue weighted by molar-refractivity contribution is 6.32. The Balaban J connectivity index is 1.85. The summed E-state index contributed by atoms with van der Waals surface area (Å²) in [6.45, 7) is 0.0670. The van der Waals surface area contributed by atoms with Gasteiger partial charge in [0.25, 0.3) is 0 Å². The van der Waals surface area contributed by atoms with Crippen molar-refractivity contribution in [2.45, 2.75) is 12.7 Å². The highest BCUT2D eigenvalue weighted by Crippen LogP contribution is 2.32. The zero-order valence-corrected chi connectivity index (χ0v) is 14.8. The molecule has 2 N–H and O–H groups in total. The second-order valence-corrected chi connectivity index (χ2v) is 5.95. The lowest BCUT2D eigenvalue weighted by Crippen LogP contribution is -2.35. The molecule has 4 nitrogen and oxygen atoms in total. The third-order valence-electron chi connectivity index (χ3n) is 3.49. The van der Waals surface area contributed by atoms with E-state index in [0.29, 0.717) is 6.54 Å². The van der Waals surface area contributed by atoms with Crippen LogP contribution in [0.25, 0.3) is 6.08 Å². The van der Waals surface area contributed by atoms with Crippen molar-refractivity contribution in [1.29, 1.82) is 0 Å². The smallest absolute Gasteiger partial charge is 0.350 e. The molecule has 0 unspecified atom stereocenters. The largest absolute Gasteiger partial charge is 0.416 e. The minimum Gasteiger partial charge on any atom is -0.350 e. The van der Waals surface area contributed by atoms with Gasteiger partial charge in [0.1, 0.15) is 0 Å². The lowest BCUT2D eigenvalue weighted by atomic mass is 10.1. The van der Waals surface area contributed by atoms with Crippen molar-refractivity contribution in [3.63, 3.8) is 0 Å². The Bertz CT molecular complexity index is 837. The predicted octanol–water partition coefficient (Wildman–Crippen LogP) is 3.80. The third kappa shape index (κ3) is 6.79. The molecule has 0 saturated carbocycles. The standard InChI is InChI=1S/C19H16ClF3N2O2/c20-16-8-7-15(19(21,22)23)10-14(16)6-9-17(26)25-12-18(27)24-11-13-4-2-1-3-5-13/h1-10H,11-12H2,(H,24,27)(H,25,26)/b9-6+. The molecule has 2 aromatic rings. The van der Waals surface area contributed by atoms with Crippen molar-refractivity contribution in [3.8, 4) is 0 Å². The van der Waals surface area contributed by atoms with E-state index in [1.165, 1.54) is 0 Å². The molecule has 2 aromatic carbocycles. The van der Waals surface area contributed by atoms with Crippen LogP contribution in [0, 0.1) is 0 Å². The predicted molar refractivity (Wildman–Crippen MR) is 96.8 cm³/mol. The Morgan fingerprint density at radius 1 is 1.04 bits per heavy atom. The van der Waals surface area contributed by atoms with Gasteiger partial charge < -0.3 is 10.6 Å². The van der Waals surface area contributed by atoms with Crippen LogP contribution < -0.4 is 10.6 Å². The molecule has 0 fully saturated rings. The Morgan fingerprint density at radius 2 is 1.74 bits per heavy atom. The average molecular weight is 397 g/mol. The monoisotopic (exact) mass is 396 g/mol. The minimum atomic E-state index is -4.51. The molecule has 27 heavy (non-hydrogen) atoms. The summed E-state index contributed by atoms with van der Waals surface area (Å²) < 4.78 is 38.1. The second-order valence-electron chi connectivity index (χ2n) is 5.55. The Labute approximate surface area is 159 Å². The minimum absolute atomic E-state index is 0.0511. The molecule has 0 heterocycles. The summed E-state index contributed by atoms with van der Waals surface area (Å²) in [5.74, 6) is -1.02. The van der Waals surface area contributed by atoms with Crippen molar-refractivity contribution < 1.29 is 22.8 Å². The summed E-state index contributed by atoms with van der Waals surface area (Å²) >= 11 is 5.84. The number of carbonyl (C=O) groups is 2. The molecular formula is C19H16ClF3N2O2. The number of benzene rings is 2. The normalized spacial score (nSPS) is 11.4. The maximum atomic E-state index is 12.7. The fourth-order valence-corrected chi connectivity index (χ4v) is 2.28. The van der Waals surface area contributed by atoms with Gasteiger partial charge in [-0.3, -0.25) is 9.59 Å². The number of alkyl halides is 3. The summed E-state index contributed by atoms with van der Waals surface area (Å²) in [6.07, 6.45) is -2.33. The first kappa shape index (κ1) is 20.5. The van der Waals surface area contributed by atoms with Crippen LogP contribution in [0.1, 0.15) is 16.7 Å². The van der Waals surface area contributed by atoms with Crippen LogP contribution in [-0.2, 0) is 22.3 Å². The zero-order chi connectivity index (χ0) is 19.9. The van der Waals surface area contributed by atoms with E-state index >= 15 is 0 Å². The lowest BCUT2D eigenvalue weighted by Gasteiger charge is -2.08. The molecule has 0 radical (unpaired) electrons. The van der Waals surface area contributed by atoms with Crippen LogP contribution in [0.2, 0.25) is 5.02 Å². The van der Waals surface area contributed by atoms with Gasteiger partial charge in [0.2, 0.25) is 11.8 Å². The Morgan fingerprint density at radius 3 is 2.41 bits per heavy atom. The highest BCUT2D eigenvalue weighted by atomic mass is 35.5. The topological polar surface area (TPSA) is 58.2 Å². The summed E-state index contributed by atoms with van der Waals surface area (Å²) in [5.41, 5.74) is 0.0960. The van der Waals surface area contributed by atoms with Gasteiger partial charge in [0, 0.05) is 17.6 Å². The summed E-state index contributed by atoms with van der Waals surface area (Å²) in [7, 11) is 0. The van der Waals surface area contributed by atoms with Crippen molar-refractivity contribution >= 4 is 29.5 Å². The molecule has 142 valence electrons. The molecule has 0 aliphatic rings. The Hall–Kier alpha value is -2.80. The van der Waals surface area contributed by atoms with Gasteiger partial charge >= 0.3 is 6.18 Å². The fourth-order valence-electron chi connectivity index (χ4n) is 2.10. The van der Waals surface area contributed by atoms with E-state index < -0.39 is 23.6 Å². The molecule has 0 aromatic heterocycles. The molecule has 2 rings (SSSR count). The fraction of sp³-hybridized carbons (Fsp3) is 0.158. The van der Waals surface area contributed by atoms with E-state index in [1.807, 2.05) is 30.3 Å². The molecule has 0 aliphatic heterocycles. The molecular weight excluding hydrogens is 381 g/mol. The van der Waals surface area contributed by atoms with Gasteiger partial charge in [0.15, 0.2) is 0 Å². The first-order valence-corrected chi connectivity index (χ1v) is 8.27. The molecule has 0 atom stereocenters. The van der Waals surface area contributed by atoms with E-state index in [9.17, 15) is 22.8 Å². The highest BCUT2D eigenvalue weighted by Gasteiger charge is 2.30. The summed E-state index contributed by atoms with van der Waals surface area (Å²) in [6, 6.07) is 12.0. The summed E-state index contributed by atoms with van der Waals surface area (Å²) in [5, 5.41) is 5.06. The van der Waals surface area contributed by atoms with E-state index in [-0.39, 0.29) is 17.1 Å². The second kappa shape index (κ2) is 9.23. The molecule has 0 spiro atoms. The quantitative estimate of drug-likeness (QED) is 0.730.